The second kappa shape index (κ2) is 11.5. The van der Waals surface area contributed by atoms with Crippen LogP contribution < -0.4 is 9.04 Å². The number of ether oxygens (including phenoxy) is 2. The first-order valence-corrected chi connectivity index (χ1v) is 12.9. The number of carboxylic acids is 1. The zero-order valence-electron chi connectivity index (χ0n) is 21.5. The van der Waals surface area contributed by atoms with Gasteiger partial charge in [0.2, 0.25) is 0 Å². The summed E-state index contributed by atoms with van der Waals surface area (Å²) in [4.78, 5) is 16.7. The van der Waals surface area contributed by atoms with E-state index >= 15 is 0 Å². The van der Waals surface area contributed by atoms with Crippen LogP contribution in [0.2, 0.25) is 0 Å². The van der Waals surface area contributed by atoms with Crippen LogP contribution >= 0.6 is 11.9 Å². The summed E-state index contributed by atoms with van der Waals surface area (Å²) in [7, 11) is 1.55. The number of alkyl halides is 3. The minimum Gasteiger partial charge on any atom is -0.492 e. The molecule has 4 aromatic rings. The van der Waals surface area contributed by atoms with E-state index in [0.29, 0.717) is 11.6 Å². The first kappa shape index (κ1) is 28.3. The van der Waals surface area contributed by atoms with E-state index in [1.165, 1.54) is 43.1 Å². The van der Waals surface area contributed by atoms with Gasteiger partial charge in [0, 0.05) is 28.5 Å². The summed E-state index contributed by atoms with van der Waals surface area (Å²) in [6.45, 7) is 2.74. The Morgan fingerprint density at radius 2 is 1.69 bits per heavy atom. The number of carboxylic acid groups (broad SMARTS) is 1. The zero-order chi connectivity index (χ0) is 28.2. The van der Waals surface area contributed by atoms with Gasteiger partial charge in [-0.2, -0.15) is 13.2 Å². The van der Waals surface area contributed by atoms with Crippen molar-refractivity contribution in [2.45, 2.75) is 37.1 Å². The molecule has 4 rings (SSSR count). The van der Waals surface area contributed by atoms with Crippen molar-refractivity contribution >= 4 is 34.5 Å². The quantitative estimate of drug-likeness (QED) is 0.203. The Kier molecular flexibility index (Phi) is 8.36. The Morgan fingerprint density at radius 3 is 2.28 bits per heavy atom. The summed E-state index contributed by atoms with van der Waals surface area (Å²) in [5.74, 6) is 0.0293. The molecule has 0 bridgehead atoms. The van der Waals surface area contributed by atoms with Crippen LogP contribution in [0.15, 0.2) is 83.9 Å². The maximum Gasteiger partial charge on any atom is 0.421 e. The van der Waals surface area contributed by atoms with E-state index in [4.69, 9.17) is 9.47 Å². The van der Waals surface area contributed by atoms with Crippen molar-refractivity contribution in [2.24, 2.45) is 0 Å². The van der Waals surface area contributed by atoms with Gasteiger partial charge in [0.25, 0.3) is 0 Å². The number of aromatic nitrogens is 1. The average molecular weight is 557 g/mol. The number of fused-ring (bicyclic) bond motifs is 1. The average Bonchev–Trinajstić information content (AvgIpc) is 2.92. The van der Waals surface area contributed by atoms with Crippen LogP contribution in [0.5, 0.6) is 5.75 Å². The SMILES string of the molecule is CCOC(C)(c1ccc(CN(Sc2ccc(C(=O)O)cc2)c2ncc3ccccc3c2OC)cc1)C(F)(F)F. The molecule has 0 fully saturated rings. The predicted octanol–water partition coefficient (Wildman–Crippen LogP) is 7.47. The largest absolute Gasteiger partial charge is 0.492 e. The summed E-state index contributed by atoms with van der Waals surface area (Å²) in [5, 5.41) is 11.0. The molecule has 0 saturated heterocycles. The van der Waals surface area contributed by atoms with E-state index in [9.17, 15) is 23.1 Å². The first-order chi connectivity index (χ1) is 18.6. The van der Waals surface area contributed by atoms with Gasteiger partial charge in [-0.3, -0.25) is 4.31 Å². The molecular weight excluding hydrogens is 529 g/mol. The normalized spacial score (nSPS) is 13.2. The van der Waals surface area contributed by atoms with Crippen molar-refractivity contribution in [3.8, 4) is 5.75 Å². The van der Waals surface area contributed by atoms with Gasteiger partial charge in [-0.05, 0) is 61.2 Å². The summed E-state index contributed by atoms with van der Waals surface area (Å²) in [6, 6.07) is 20.1. The number of rotatable bonds is 10. The van der Waals surface area contributed by atoms with E-state index in [-0.39, 0.29) is 24.3 Å². The van der Waals surface area contributed by atoms with Gasteiger partial charge < -0.3 is 14.6 Å². The number of nitrogens with zero attached hydrogens (tertiary/aromatic N) is 2. The Bertz CT molecular complexity index is 1450. The smallest absolute Gasteiger partial charge is 0.421 e. The molecule has 0 radical (unpaired) electrons. The van der Waals surface area contributed by atoms with E-state index < -0.39 is 17.7 Å². The maximum atomic E-state index is 13.8. The Balaban J connectivity index is 1.72. The summed E-state index contributed by atoms with van der Waals surface area (Å²) < 4.78 is 54.3. The van der Waals surface area contributed by atoms with Gasteiger partial charge in [-0.25, -0.2) is 9.78 Å². The van der Waals surface area contributed by atoms with Crippen molar-refractivity contribution in [1.82, 2.24) is 4.98 Å². The Morgan fingerprint density at radius 1 is 1.03 bits per heavy atom. The molecule has 1 heterocycles. The van der Waals surface area contributed by atoms with Crippen molar-refractivity contribution in [3.05, 3.63) is 95.7 Å². The lowest BCUT2D eigenvalue weighted by atomic mass is 9.94. The van der Waals surface area contributed by atoms with Crippen LogP contribution in [0.3, 0.4) is 0 Å². The van der Waals surface area contributed by atoms with Crippen molar-refractivity contribution in [2.75, 3.05) is 18.0 Å². The molecule has 0 aliphatic carbocycles. The molecule has 1 N–H and O–H groups in total. The molecule has 0 spiro atoms. The fourth-order valence-electron chi connectivity index (χ4n) is 4.15. The molecule has 39 heavy (non-hydrogen) atoms. The standard InChI is InChI=1S/C29H27F3N2O4S/c1-4-38-28(2,29(30,31)32)22-13-9-19(10-14-22)18-34(39-23-15-11-20(12-16-23)27(35)36)26-25(37-3)24-8-6-5-7-21(24)17-33-26/h5-17H,4,18H2,1-3H3,(H,35,36). The molecule has 0 aliphatic rings. The molecule has 1 atom stereocenters. The van der Waals surface area contributed by atoms with Crippen LogP contribution in [-0.2, 0) is 16.9 Å². The lowest BCUT2D eigenvalue weighted by molar-refractivity contribution is -0.276. The lowest BCUT2D eigenvalue weighted by Gasteiger charge is -2.32. The predicted molar refractivity (Wildman–Crippen MR) is 145 cm³/mol. The van der Waals surface area contributed by atoms with Gasteiger partial charge in [-0.15, -0.1) is 0 Å². The minimum absolute atomic E-state index is 0.00507. The number of carbonyl (C=O) groups is 1. The Labute approximate surface area is 228 Å². The van der Waals surface area contributed by atoms with E-state index in [2.05, 4.69) is 4.98 Å². The first-order valence-electron chi connectivity index (χ1n) is 12.1. The molecular formula is C29H27F3N2O4S. The highest BCUT2D eigenvalue weighted by Gasteiger charge is 2.53. The van der Waals surface area contributed by atoms with Gasteiger partial charge in [-0.1, -0.05) is 48.5 Å². The fraction of sp³-hybridized carbons (Fsp3) is 0.241. The topological polar surface area (TPSA) is 71.9 Å². The van der Waals surface area contributed by atoms with Crippen LogP contribution in [-0.4, -0.2) is 36.0 Å². The number of hydrogen-bond donors (Lipinski definition) is 1. The van der Waals surface area contributed by atoms with E-state index in [1.807, 2.05) is 28.6 Å². The van der Waals surface area contributed by atoms with Gasteiger partial charge >= 0.3 is 12.1 Å². The maximum absolute atomic E-state index is 13.8. The second-order valence-corrected chi connectivity index (χ2v) is 9.92. The number of benzene rings is 3. The third kappa shape index (κ3) is 5.97. The zero-order valence-corrected chi connectivity index (χ0v) is 22.3. The number of methoxy groups -OCH3 is 1. The third-order valence-electron chi connectivity index (χ3n) is 6.30. The molecule has 0 aliphatic heterocycles. The second-order valence-electron chi connectivity index (χ2n) is 8.82. The van der Waals surface area contributed by atoms with Crippen LogP contribution in [0.25, 0.3) is 10.8 Å². The van der Waals surface area contributed by atoms with Crippen LogP contribution in [0.1, 0.15) is 35.3 Å². The van der Waals surface area contributed by atoms with Gasteiger partial charge in [0.15, 0.2) is 17.2 Å². The highest BCUT2D eigenvalue weighted by Crippen LogP contribution is 2.43. The fourth-order valence-corrected chi connectivity index (χ4v) is 5.09. The molecule has 204 valence electrons. The molecule has 3 aromatic carbocycles. The molecule has 0 saturated carbocycles. The lowest BCUT2D eigenvalue weighted by Crippen LogP contribution is -2.42. The molecule has 6 nitrogen and oxygen atoms in total. The molecule has 0 amide bonds. The monoisotopic (exact) mass is 556 g/mol. The third-order valence-corrected chi connectivity index (χ3v) is 7.30. The van der Waals surface area contributed by atoms with Crippen LogP contribution in [0.4, 0.5) is 19.0 Å². The van der Waals surface area contributed by atoms with Crippen molar-refractivity contribution < 1.29 is 32.5 Å². The number of aromatic carboxylic acids is 1. The summed E-state index contributed by atoms with van der Waals surface area (Å²) in [6.07, 6.45) is -2.86. The van der Waals surface area contributed by atoms with Gasteiger partial charge in [0.05, 0.1) is 19.2 Å². The summed E-state index contributed by atoms with van der Waals surface area (Å²) in [5.41, 5.74) is -1.54. The Hall–Kier alpha value is -3.76. The molecule has 10 heteroatoms. The molecule has 1 unspecified atom stereocenters. The number of hydrogen-bond acceptors (Lipinski definition) is 6. The molecule has 1 aromatic heterocycles. The van der Waals surface area contributed by atoms with E-state index in [0.717, 1.165) is 28.2 Å². The van der Waals surface area contributed by atoms with Gasteiger partial charge in [0.1, 0.15) is 0 Å². The van der Waals surface area contributed by atoms with Crippen molar-refractivity contribution in [3.63, 3.8) is 0 Å². The number of pyridine rings is 1. The summed E-state index contributed by atoms with van der Waals surface area (Å²) >= 11 is 1.31. The van der Waals surface area contributed by atoms with E-state index in [1.54, 1.807) is 37.6 Å². The minimum atomic E-state index is -4.59. The highest BCUT2D eigenvalue weighted by atomic mass is 32.2. The number of anilines is 1. The number of halogens is 3. The van der Waals surface area contributed by atoms with Crippen molar-refractivity contribution in [1.29, 1.82) is 0 Å². The highest BCUT2D eigenvalue weighted by molar-refractivity contribution is 8.00. The van der Waals surface area contributed by atoms with Crippen LogP contribution in [0, 0.1) is 0 Å².